The number of rotatable bonds is 5. The highest BCUT2D eigenvalue weighted by Gasteiger charge is 2.30. The van der Waals surface area contributed by atoms with E-state index in [-0.39, 0.29) is 6.10 Å². The second-order valence-corrected chi connectivity index (χ2v) is 5.58. The first-order chi connectivity index (χ1) is 9.99. The first-order valence-electron chi connectivity index (χ1n) is 7.50. The Hall–Kier alpha value is -1.07. The van der Waals surface area contributed by atoms with Crippen molar-refractivity contribution in [3.8, 4) is 0 Å². The molecule has 1 aliphatic rings. The normalized spacial score (nSPS) is 23.2. The maximum atomic E-state index is 12.7. The third-order valence-corrected chi connectivity index (χ3v) is 3.83. The molecule has 0 aliphatic carbocycles. The van der Waals surface area contributed by atoms with E-state index in [4.69, 9.17) is 4.74 Å². The molecule has 2 rings (SSSR count). The number of hydrogen-bond acceptors (Lipinski definition) is 2. The van der Waals surface area contributed by atoms with Crippen molar-refractivity contribution in [1.29, 1.82) is 0 Å². The van der Waals surface area contributed by atoms with E-state index in [0.717, 1.165) is 38.4 Å². The molecular formula is C16H22F3NO. The summed E-state index contributed by atoms with van der Waals surface area (Å²) in [6, 6.07) is 5.84. The molecule has 1 aromatic rings. The van der Waals surface area contributed by atoms with E-state index < -0.39 is 11.7 Å². The fourth-order valence-electron chi connectivity index (χ4n) is 2.71. The van der Waals surface area contributed by atoms with E-state index in [2.05, 4.69) is 12.2 Å². The Bertz CT molecular complexity index is 445. The van der Waals surface area contributed by atoms with E-state index in [1.54, 1.807) is 6.07 Å². The Morgan fingerprint density at radius 3 is 2.86 bits per heavy atom. The van der Waals surface area contributed by atoms with Gasteiger partial charge in [-0.1, -0.05) is 31.5 Å². The van der Waals surface area contributed by atoms with Crippen LogP contribution in [0.15, 0.2) is 24.3 Å². The Balaban J connectivity index is 1.88. The Morgan fingerprint density at radius 2 is 2.14 bits per heavy atom. The predicted molar refractivity (Wildman–Crippen MR) is 76.0 cm³/mol. The second kappa shape index (κ2) is 7.27. The first kappa shape index (κ1) is 16.3. The number of benzene rings is 1. The van der Waals surface area contributed by atoms with Crippen LogP contribution in [0.3, 0.4) is 0 Å². The van der Waals surface area contributed by atoms with Crippen molar-refractivity contribution in [2.75, 3.05) is 6.61 Å². The molecule has 2 unspecified atom stereocenters. The molecule has 0 bridgehead atoms. The highest BCUT2D eigenvalue weighted by Crippen LogP contribution is 2.29. The fraction of sp³-hybridized carbons (Fsp3) is 0.625. The van der Waals surface area contributed by atoms with Gasteiger partial charge in [-0.2, -0.15) is 13.2 Å². The maximum Gasteiger partial charge on any atom is 0.416 e. The summed E-state index contributed by atoms with van der Waals surface area (Å²) in [4.78, 5) is 0. The monoisotopic (exact) mass is 301 g/mol. The summed E-state index contributed by atoms with van der Waals surface area (Å²) in [5.74, 6) is 0. The molecule has 0 amide bonds. The SMILES string of the molecule is CCCC1CC(NCc2cccc(C(F)(F)F)c2)CCO1. The van der Waals surface area contributed by atoms with E-state index in [1.165, 1.54) is 12.1 Å². The third-order valence-electron chi connectivity index (χ3n) is 3.83. The molecule has 0 saturated carbocycles. The van der Waals surface area contributed by atoms with E-state index in [9.17, 15) is 13.2 Å². The van der Waals surface area contributed by atoms with Gasteiger partial charge in [-0.3, -0.25) is 0 Å². The van der Waals surface area contributed by atoms with Crippen LogP contribution in [0.2, 0.25) is 0 Å². The lowest BCUT2D eigenvalue weighted by Crippen LogP contribution is -2.38. The van der Waals surface area contributed by atoms with Crippen molar-refractivity contribution in [3.63, 3.8) is 0 Å². The van der Waals surface area contributed by atoms with E-state index in [0.29, 0.717) is 18.2 Å². The molecule has 0 radical (unpaired) electrons. The molecular weight excluding hydrogens is 279 g/mol. The van der Waals surface area contributed by atoms with Crippen LogP contribution in [0, 0.1) is 0 Å². The predicted octanol–water partition coefficient (Wildman–Crippen LogP) is 4.14. The Morgan fingerprint density at radius 1 is 1.33 bits per heavy atom. The summed E-state index contributed by atoms with van der Waals surface area (Å²) in [6.45, 7) is 3.32. The molecule has 1 heterocycles. The fourth-order valence-corrected chi connectivity index (χ4v) is 2.71. The molecule has 1 saturated heterocycles. The lowest BCUT2D eigenvalue weighted by molar-refractivity contribution is -0.137. The van der Waals surface area contributed by atoms with Gasteiger partial charge in [0.15, 0.2) is 0 Å². The van der Waals surface area contributed by atoms with Gasteiger partial charge in [0.2, 0.25) is 0 Å². The molecule has 1 aliphatic heterocycles. The molecule has 2 nitrogen and oxygen atoms in total. The maximum absolute atomic E-state index is 12.7. The molecule has 5 heteroatoms. The van der Waals surface area contributed by atoms with Crippen molar-refractivity contribution in [2.45, 2.75) is 57.5 Å². The number of halogens is 3. The van der Waals surface area contributed by atoms with Crippen molar-refractivity contribution < 1.29 is 17.9 Å². The Kier molecular flexibility index (Phi) is 5.65. The van der Waals surface area contributed by atoms with Gasteiger partial charge < -0.3 is 10.1 Å². The number of nitrogens with one attached hydrogen (secondary N) is 1. The minimum atomic E-state index is -4.28. The van der Waals surface area contributed by atoms with Gasteiger partial charge in [0.1, 0.15) is 0 Å². The van der Waals surface area contributed by atoms with E-state index >= 15 is 0 Å². The average molecular weight is 301 g/mol. The van der Waals surface area contributed by atoms with Crippen LogP contribution in [-0.2, 0) is 17.5 Å². The van der Waals surface area contributed by atoms with Gasteiger partial charge >= 0.3 is 6.18 Å². The zero-order valence-corrected chi connectivity index (χ0v) is 12.2. The molecule has 118 valence electrons. The lowest BCUT2D eigenvalue weighted by Gasteiger charge is -2.30. The summed E-state index contributed by atoms with van der Waals surface area (Å²) in [5.41, 5.74) is 0.0843. The number of hydrogen-bond donors (Lipinski definition) is 1. The van der Waals surface area contributed by atoms with Gasteiger partial charge in [-0.15, -0.1) is 0 Å². The second-order valence-electron chi connectivity index (χ2n) is 5.58. The van der Waals surface area contributed by atoms with Crippen molar-refractivity contribution >= 4 is 0 Å². The standard InChI is InChI=1S/C16H22F3NO/c1-2-4-15-10-14(7-8-21-15)20-11-12-5-3-6-13(9-12)16(17,18)19/h3,5-6,9,14-15,20H,2,4,7-8,10-11H2,1H3. The summed E-state index contributed by atoms with van der Waals surface area (Å²) in [7, 11) is 0. The molecule has 1 N–H and O–H groups in total. The largest absolute Gasteiger partial charge is 0.416 e. The third kappa shape index (κ3) is 5.00. The first-order valence-corrected chi connectivity index (χ1v) is 7.50. The Labute approximate surface area is 123 Å². The van der Waals surface area contributed by atoms with Crippen molar-refractivity contribution in [2.24, 2.45) is 0 Å². The van der Waals surface area contributed by atoms with Crippen LogP contribution in [0.25, 0.3) is 0 Å². The van der Waals surface area contributed by atoms with Gasteiger partial charge in [0, 0.05) is 19.2 Å². The molecule has 0 spiro atoms. The van der Waals surface area contributed by atoms with Crippen LogP contribution < -0.4 is 5.32 Å². The summed E-state index contributed by atoms with van der Waals surface area (Å²) in [5, 5.41) is 3.36. The van der Waals surface area contributed by atoms with Gasteiger partial charge in [-0.05, 0) is 30.9 Å². The van der Waals surface area contributed by atoms with Crippen molar-refractivity contribution in [3.05, 3.63) is 35.4 Å². The molecule has 1 fully saturated rings. The molecule has 21 heavy (non-hydrogen) atoms. The highest BCUT2D eigenvalue weighted by molar-refractivity contribution is 5.25. The van der Waals surface area contributed by atoms with Crippen LogP contribution in [0.5, 0.6) is 0 Å². The molecule has 2 atom stereocenters. The zero-order valence-electron chi connectivity index (χ0n) is 12.2. The van der Waals surface area contributed by atoms with Crippen molar-refractivity contribution in [1.82, 2.24) is 5.32 Å². The van der Waals surface area contributed by atoms with Gasteiger partial charge in [-0.25, -0.2) is 0 Å². The summed E-state index contributed by atoms with van der Waals surface area (Å²) in [6.07, 6.45) is -0.0117. The number of alkyl halides is 3. The van der Waals surface area contributed by atoms with Crippen LogP contribution in [0.1, 0.15) is 43.7 Å². The van der Waals surface area contributed by atoms with Gasteiger partial charge in [0.25, 0.3) is 0 Å². The number of ether oxygens (including phenoxy) is 1. The quantitative estimate of drug-likeness (QED) is 0.882. The summed E-state index contributed by atoms with van der Waals surface area (Å²) >= 11 is 0. The molecule has 0 aromatic heterocycles. The van der Waals surface area contributed by atoms with Crippen LogP contribution >= 0.6 is 0 Å². The molecule has 1 aromatic carbocycles. The average Bonchev–Trinajstić information content (AvgIpc) is 2.45. The minimum Gasteiger partial charge on any atom is -0.378 e. The lowest BCUT2D eigenvalue weighted by atomic mass is 9.99. The van der Waals surface area contributed by atoms with Crippen LogP contribution in [-0.4, -0.2) is 18.8 Å². The smallest absolute Gasteiger partial charge is 0.378 e. The summed E-state index contributed by atoms with van der Waals surface area (Å²) < 4.78 is 43.7. The highest BCUT2D eigenvalue weighted by atomic mass is 19.4. The van der Waals surface area contributed by atoms with E-state index in [1.807, 2.05) is 0 Å². The van der Waals surface area contributed by atoms with Crippen LogP contribution in [0.4, 0.5) is 13.2 Å². The topological polar surface area (TPSA) is 21.3 Å². The van der Waals surface area contributed by atoms with Gasteiger partial charge in [0.05, 0.1) is 11.7 Å². The zero-order chi connectivity index (χ0) is 15.3. The minimum absolute atomic E-state index is 0.280.